The molecule has 0 saturated carbocycles. The molecule has 190 valence electrons. The standard InChI is InChI=1S/C32H40N2O2/c1-4-5-6-7-15-27(30-18-9-16-28-20-21-29(36-3)23-31(28)30)17-10-19-32(35)34-25(2)12-8-13-26-14-11-22-33-24-26/h9-11,14,16-25H,4-8,12-13,15H2,1-3H3,(H,34,35)/b19-10+,27-17+/t25-/m1/s1. The Labute approximate surface area is 216 Å². The molecule has 3 aromatic rings. The smallest absolute Gasteiger partial charge is 0.244 e. The molecule has 4 heteroatoms. The predicted molar refractivity (Wildman–Crippen MR) is 151 cm³/mol. The molecule has 0 unspecified atom stereocenters. The molecule has 3 rings (SSSR count). The number of ether oxygens (including phenoxy) is 1. The van der Waals surface area contributed by atoms with Crippen LogP contribution in [-0.4, -0.2) is 24.0 Å². The second kappa shape index (κ2) is 14.9. The molecule has 2 aromatic carbocycles. The Morgan fingerprint density at radius 3 is 2.75 bits per heavy atom. The summed E-state index contributed by atoms with van der Waals surface area (Å²) in [4.78, 5) is 16.7. The van der Waals surface area contributed by atoms with Crippen molar-refractivity contribution in [2.45, 2.75) is 71.3 Å². The maximum absolute atomic E-state index is 12.5. The highest BCUT2D eigenvalue weighted by atomic mass is 16.5. The summed E-state index contributed by atoms with van der Waals surface area (Å²) in [5, 5.41) is 5.47. The molecular weight excluding hydrogens is 444 g/mol. The molecule has 0 spiro atoms. The van der Waals surface area contributed by atoms with Crippen LogP contribution in [0.25, 0.3) is 16.3 Å². The molecule has 0 aliphatic heterocycles. The van der Waals surface area contributed by atoms with Crippen LogP contribution in [-0.2, 0) is 11.2 Å². The van der Waals surface area contributed by atoms with E-state index in [-0.39, 0.29) is 11.9 Å². The largest absolute Gasteiger partial charge is 0.497 e. The Kier molecular flexibility index (Phi) is 11.2. The summed E-state index contributed by atoms with van der Waals surface area (Å²) in [5.41, 5.74) is 3.69. The van der Waals surface area contributed by atoms with Crippen LogP contribution in [0.2, 0.25) is 0 Å². The minimum Gasteiger partial charge on any atom is -0.497 e. The van der Waals surface area contributed by atoms with E-state index in [4.69, 9.17) is 4.74 Å². The van der Waals surface area contributed by atoms with Gasteiger partial charge >= 0.3 is 0 Å². The number of hydrogen-bond donors (Lipinski definition) is 1. The van der Waals surface area contributed by atoms with Gasteiger partial charge in [0.2, 0.25) is 5.91 Å². The third-order valence-electron chi connectivity index (χ3n) is 6.49. The number of rotatable bonds is 14. The van der Waals surface area contributed by atoms with Crippen molar-refractivity contribution in [1.29, 1.82) is 0 Å². The molecule has 0 aliphatic carbocycles. The average Bonchev–Trinajstić information content (AvgIpc) is 2.90. The topological polar surface area (TPSA) is 51.2 Å². The average molecular weight is 485 g/mol. The Morgan fingerprint density at radius 1 is 1.08 bits per heavy atom. The minimum absolute atomic E-state index is 0.0509. The van der Waals surface area contributed by atoms with Crippen LogP contribution in [0.15, 0.2) is 79.2 Å². The van der Waals surface area contributed by atoms with Crippen LogP contribution >= 0.6 is 0 Å². The molecule has 4 nitrogen and oxygen atoms in total. The normalized spacial score (nSPS) is 12.7. The summed E-state index contributed by atoms with van der Waals surface area (Å²) in [6.45, 7) is 4.29. The van der Waals surface area contributed by atoms with Gasteiger partial charge in [-0.15, -0.1) is 0 Å². The van der Waals surface area contributed by atoms with Crippen LogP contribution in [0.4, 0.5) is 0 Å². The number of carbonyl (C=O) groups is 1. The van der Waals surface area contributed by atoms with E-state index in [1.54, 1.807) is 19.4 Å². The van der Waals surface area contributed by atoms with Crippen molar-refractivity contribution >= 4 is 22.3 Å². The lowest BCUT2D eigenvalue weighted by Gasteiger charge is -2.13. The number of amides is 1. The molecule has 1 N–H and O–H groups in total. The van der Waals surface area contributed by atoms with Crippen LogP contribution in [0.5, 0.6) is 5.75 Å². The Balaban J connectivity index is 1.66. The van der Waals surface area contributed by atoms with Crippen molar-refractivity contribution in [2.24, 2.45) is 0 Å². The molecule has 0 radical (unpaired) electrons. The number of nitrogens with zero attached hydrogens (tertiary/aromatic N) is 1. The van der Waals surface area contributed by atoms with Gasteiger partial charge in [-0.25, -0.2) is 0 Å². The Hall–Kier alpha value is -3.40. The van der Waals surface area contributed by atoms with E-state index in [0.717, 1.165) is 37.9 Å². The zero-order chi connectivity index (χ0) is 25.6. The molecule has 0 saturated heterocycles. The molecule has 0 aliphatic rings. The van der Waals surface area contributed by atoms with E-state index in [1.807, 2.05) is 24.4 Å². The minimum atomic E-state index is -0.0509. The summed E-state index contributed by atoms with van der Waals surface area (Å²) >= 11 is 0. The number of nitrogens with one attached hydrogen (secondary N) is 1. The monoisotopic (exact) mass is 484 g/mol. The fraction of sp³-hybridized carbons (Fsp3) is 0.375. The Bertz CT molecular complexity index is 1150. The van der Waals surface area contributed by atoms with E-state index >= 15 is 0 Å². The second-order valence-corrected chi connectivity index (χ2v) is 9.42. The SMILES string of the molecule is CCCCCC/C(=C\C=C\C(=O)N[C@H](C)CCCc1cccnc1)c1cccc2ccc(OC)cc12. The third-order valence-corrected chi connectivity index (χ3v) is 6.49. The highest BCUT2D eigenvalue weighted by molar-refractivity contribution is 5.95. The number of benzene rings is 2. The number of methoxy groups -OCH3 is 1. The van der Waals surface area contributed by atoms with Crippen molar-refractivity contribution in [2.75, 3.05) is 7.11 Å². The van der Waals surface area contributed by atoms with Crippen molar-refractivity contribution in [3.63, 3.8) is 0 Å². The fourth-order valence-electron chi connectivity index (χ4n) is 4.48. The molecule has 1 heterocycles. The summed E-state index contributed by atoms with van der Waals surface area (Å²) in [7, 11) is 1.70. The molecule has 1 amide bonds. The number of unbranched alkanes of at least 4 members (excludes halogenated alkanes) is 3. The number of allylic oxidation sites excluding steroid dienone is 3. The van der Waals surface area contributed by atoms with Crippen molar-refractivity contribution in [3.8, 4) is 5.75 Å². The lowest BCUT2D eigenvalue weighted by Crippen LogP contribution is -2.31. The quantitative estimate of drug-likeness (QED) is 0.145. The molecular formula is C32H40N2O2. The van der Waals surface area contributed by atoms with E-state index in [0.29, 0.717) is 0 Å². The lowest BCUT2D eigenvalue weighted by atomic mass is 9.94. The highest BCUT2D eigenvalue weighted by Crippen LogP contribution is 2.31. The first kappa shape index (κ1) is 27.2. The maximum atomic E-state index is 12.5. The number of aryl methyl sites for hydroxylation is 1. The molecule has 1 aromatic heterocycles. The number of fused-ring (bicyclic) bond motifs is 1. The zero-order valence-corrected chi connectivity index (χ0v) is 22.0. The number of carbonyl (C=O) groups excluding carboxylic acids is 1. The van der Waals surface area contributed by atoms with Gasteiger partial charge in [-0.05, 0) is 84.7 Å². The zero-order valence-electron chi connectivity index (χ0n) is 22.0. The summed E-state index contributed by atoms with van der Waals surface area (Å²) in [6, 6.07) is 16.8. The summed E-state index contributed by atoms with van der Waals surface area (Å²) < 4.78 is 5.48. The van der Waals surface area contributed by atoms with Crippen LogP contribution in [0.3, 0.4) is 0 Å². The van der Waals surface area contributed by atoms with E-state index in [1.165, 1.54) is 46.7 Å². The number of hydrogen-bond acceptors (Lipinski definition) is 3. The first-order valence-corrected chi connectivity index (χ1v) is 13.2. The van der Waals surface area contributed by atoms with Gasteiger partial charge in [-0.2, -0.15) is 0 Å². The predicted octanol–water partition coefficient (Wildman–Crippen LogP) is 7.68. The van der Waals surface area contributed by atoms with Gasteiger partial charge in [0.1, 0.15) is 5.75 Å². The molecule has 1 atom stereocenters. The molecule has 0 bridgehead atoms. The van der Waals surface area contributed by atoms with Crippen molar-refractivity contribution in [3.05, 3.63) is 90.3 Å². The second-order valence-electron chi connectivity index (χ2n) is 9.42. The van der Waals surface area contributed by atoms with Gasteiger partial charge in [0.15, 0.2) is 0 Å². The first-order valence-electron chi connectivity index (χ1n) is 13.2. The van der Waals surface area contributed by atoms with Gasteiger partial charge in [-0.3, -0.25) is 9.78 Å². The third kappa shape index (κ3) is 8.67. The van der Waals surface area contributed by atoms with Crippen molar-refractivity contribution < 1.29 is 9.53 Å². The van der Waals surface area contributed by atoms with Gasteiger partial charge < -0.3 is 10.1 Å². The van der Waals surface area contributed by atoms with E-state index in [2.05, 4.69) is 66.6 Å². The fourth-order valence-corrected chi connectivity index (χ4v) is 4.48. The van der Waals surface area contributed by atoms with Crippen LogP contribution in [0, 0.1) is 0 Å². The van der Waals surface area contributed by atoms with E-state index < -0.39 is 0 Å². The molecule has 36 heavy (non-hydrogen) atoms. The highest BCUT2D eigenvalue weighted by Gasteiger charge is 2.08. The summed E-state index contributed by atoms with van der Waals surface area (Å²) in [6.07, 6.45) is 18.1. The maximum Gasteiger partial charge on any atom is 0.244 e. The lowest BCUT2D eigenvalue weighted by molar-refractivity contribution is -0.117. The number of aromatic nitrogens is 1. The number of pyridine rings is 1. The van der Waals surface area contributed by atoms with E-state index in [9.17, 15) is 4.79 Å². The van der Waals surface area contributed by atoms with Gasteiger partial charge in [0.05, 0.1) is 7.11 Å². The van der Waals surface area contributed by atoms with Gasteiger partial charge in [0.25, 0.3) is 0 Å². The van der Waals surface area contributed by atoms with Crippen LogP contribution < -0.4 is 10.1 Å². The van der Waals surface area contributed by atoms with Gasteiger partial charge in [0, 0.05) is 24.5 Å². The van der Waals surface area contributed by atoms with Crippen LogP contribution in [0.1, 0.15) is 69.9 Å². The summed E-state index contributed by atoms with van der Waals surface area (Å²) in [5.74, 6) is 0.803. The van der Waals surface area contributed by atoms with Crippen molar-refractivity contribution in [1.82, 2.24) is 10.3 Å². The Morgan fingerprint density at radius 2 is 1.97 bits per heavy atom. The van der Waals surface area contributed by atoms with Gasteiger partial charge in [-0.1, -0.05) is 68.7 Å². The molecule has 0 fully saturated rings. The first-order chi connectivity index (χ1) is 17.6.